The van der Waals surface area contributed by atoms with Gasteiger partial charge in [0, 0.05) is 57.9 Å². The van der Waals surface area contributed by atoms with Crippen molar-refractivity contribution in [3.05, 3.63) is 47.0 Å². The number of nitrogens with zero attached hydrogens (tertiary/aromatic N) is 5. The molecule has 0 saturated carbocycles. The molecule has 0 bridgehead atoms. The second-order valence-electron chi connectivity index (χ2n) is 9.13. The Kier molecular flexibility index (Phi) is 5.69. The van der Waals surface area contributed by atoms with Crippen LogP contribution in [0.5, 0.6) is 0 Å². The van der Waals surface area contributed by atoms with E-state index in [1.54, 1.807) is 6.07 Å². The number of piperidine rings is 1. The number of carbonyl (C=O) groups is 1. The molecule has 1 aliphatic carbocycles. The first kappa shape index (κ1) is 20.5. The Bertz CT molecular complexity index is 949. The number of halogens is 1. The number of piperazine rings is 1. The van der Waals surface area contributed by atoms with E-state index in [4.69, 9.17) is 0 Å². The molecule has 6 nitrogen and oxygen atoms in total. The van der Waals surface area contributed by atoms with Crippen LogP contribution in [0.2, 0.25) is 0 Å². The molecule has 0 spiro atoms. The van der Waals surface area contributed by atoms with E-state index in [1.165, 1.54) is 18.1 Å². The van der Waals surface area contributed by atoms with Crippen molar-refractivity contribution in [2.75, 3.05) is 44.2 Å². The maximum Gasteiger partial charge on any atom is 0.272 e. The zero-order chi connectivity index (χ0) is 21.4. The van der Waals surface area contributed by atoms with Crippen LogP contribution >= 0.6 is 0 Å². The highest BCUT2D eigenvalue weighted by Crippen LogP contribution is 2.27. The first-order chi connectivity index (χ1) is 15.1. The maximum absolute atomic E-state index is 14.1. The smallest absolute Gasteiger partial charge is 0.272 e. The quantitative estimate of drug-likeness (QED) is 0.759. The van der Waals surface area contributed by atoms with Crippen molar-refractivity contribution in [2.24, 2.45) is 7.05 Å². The Morgan fingerprint density at radius 2 is 1.81 bits per heavy atom. The summed E-state index contributed by atoms with van der Waals surface area (Å²) in [6, 6.07) is 7.41. The standard InChI is InChI=1S/C24H32FN5O/c1-27-23(19-8-2-4-10-21(19)26-27)24(31)30-12-6-7-18(17-30)28-13-15-29(16-14-28)22-11-5-3-9-20(22)25/h3,5,9,11,18H,2,4,6-8,10,12-17H2,1H3. The molecule has 5 rings (SSSR count). The number of carbonyl (C=O) groups excluding carboxylic acids is 1. The van der Waals surface area contributed by atoms with Gasteiger partial charge in [-0.3, -0.25) is 14.4 Å². The Balaban J connectivity index is 1.24. The Labute approximate surface area is 183 Å². The molecule has 2 fully saturated rings. The fourth-order valence-electron chi connectivity index (χ4n) is 5.57. The fourth-order valence-corrected chi connectivity index (χ4v) is 5.57. The third kappa shape index (κ3) is 3.95. The molecule has 0 N–H and O–H groups in total. The van der Waals surface area contributed by atoms with E-state index in [0.717, 1.165) is 82.8 Å². The van der Waals surface area contributed by atoms with E-state index in [9.17, 15) is 9.18 Å². The van der Waals surface area contributed by atoms with Gasteiger partial charge < -0.3 is 9.80 Å². The third-order valence-corrected chi connectivity index (χ3v) is 7.23. The predicted octanol–water partition coefficient (Wildman–Crippen LogP) is 2.86. The summed E-state index contributed by atoms with van der Waals surface area (Å²) >= 11 is 0. The van der Waals surface area contributed by atoms with Gasteiger partial charge in [-0.25, -0.2) is 4.39 Å². The molecule has 1 amide bonds. The number of likely N-dealkylation sites (tertiary alicyclic amines) is 1. The van der Waals surface area contributed by atoms with Gasteiger partial charge in [0.15, 0.2) is 0 Å². The van der Waals surface area contributed by atoms with E-state index in [0.29, 0.717) is 11.7 Å². The molecule has 1 atom stereocenters. The molecule has 3 heterocycles. The number of aryl methyl sites for hydroxylation is 2. The summed E-state index contributed by atoms with van der Waals surface area (Å²) in [4.78, 5) is 20.1. The lowest BCUT2D eigenvalue weighted by molar-refractivity contribution is 0.0552. The van der Waals surface area contributed by atoms with Crippen LogP contribution in [0, 0.1) is 5.82 Å². The average molecular weight is 426 g/mol. The highest BCUT2D eigenvalue weighted by atomic mass is 19.1. The Morgan fingerprint density at radius 3 is 2.61 bits per heavy atom. The zero-order valence-electron chi connectivity index (χ0n) is 18.4. The summed E-state index contributed by atoms with van der Waals surface area (Å²) in [6.45, 7) is 5.05. The number of hydrogen-bond acceptors (Lipinski definition) is 4. The summed E-state index contributed by atoms with van der Waals surface area (Å²) in [5.41, 5.74) is 3.80. The number of fused-ring (bicyclic) bond motifs is 1. The molecule has 1 aromatic carbocycles. The molecule has 1 unspecified atom stereocenters. The minimum atomic E-state index is -0.148. The summed E-state index contributed by atoms with van der Waals surface area (Å²) in [5, 5.41) is 4.64. The molecule has 166 valence electrons. The van der Waals surface area contributed by atoms with Crippen molar-refractivity contribution in [1.29, 1.82) is 0 Å². The summed E-state index contributed by atoms with van der Waals surface area (Å²) in [7, 11) is 1.91. The number of anilines is 1. The minimum Gasteiger partial charge on any atom is -0.367 e. The molecule has 2 saturated heterocycles. The molecule has 31 heavy (non-hydrogen) atoms. The zero-order valence-corrected chi connectivity index (χ0v) is 18.4. The number of benzene rings is 1. The predicted molar refractivity (Wildman–Crippen MR) is 119 cm³/mol. The van der Waals surface area contributed by atoms with E-state index < -0.39 is 0 Å². The normalized spacial score (nSPS) is 22.5. The second kappa shape index (κ2) is 8.61. The summed E-state index contributed by atoms with van der Waals surface area (Å²) in [5.74, 6) is -0.00209. The first-order valence-electron chi connectivity index (χ1n) is 11.7. The van der Waals surface area contributed by atoms with Gasteiger partial charge in [-0.15, -0.1) is 0 Å². The van der Waals surface area contributed by atoms with Gasteiger partial charge in [-0.2, -0.15) is 5.10 Å². The van der Waals surface area contributed by atoms with Crippen molar-refractivity contribution >= 4 is 11.6 Å². The molecule has 2 aromatic rings. The molecule has 2 aliphatic heterocycles. The highest BCUT2D eigenvalue weighted by molar-refractivity contribution is 5.94. The van der Waals surface area contributed by atoms with Gasteiger partial charge >= 0.3 is 0 Å². The van der Waals surface area contributed by atoms with E-state index >= 15 is 0 Å². The van der Waals surface area contributed by atoms with Crippen LogP contribution in [0.15, 0.2) is 24.3 Å². The largest absolute Gasteiger partial charge is 0.367 e. The molecule has 3 aliphatic rings. The van der Waals surface area contributed by atoms with Gasteiger partial charge in [0.1, 0.15) is 11.5 Å². The topological polar surface area (TPSA) is 44.6 Å². The minimum absolute atomic E-state index is 0.146. The van der Waals surface area contributed by atoms with Gasteiger partial charge in [0.2, 0.25) is 0 Å². The monoisotopic (exact) mass is 425 g/mol. The fraction of sp³-hybridized carbons (Fsp3) is 0.583. The Hall–Kier alpha value is -2.41. The van der Waals surface area contributed by atoms with Crippen molar-refractivity contribution in [3.8, 4) is 0 Å². The van der Waals surface area contributed by atoms with E-state index in [2.05, 4.69) is 14.9 Å². The number of aromatic nitrogens is 2. The SMILES string of the molecule is Cn1nc2c(c1C(=O)N1CCCC(N3CCN(c4ccccc4F)CC3)C1)CCCC2. The van der Waals surface area contributed by atoms with E-state index in [1.807, 2.05) is 28.8 Å². The van der Waals surface area contributed by atoms with Crippen LogP contribution in [-0.4, -0.2) is 70.8 Å². The van der Waals surface area contributed by atoms with E-state index in [-0.39, 0.29) is 11.7 Å². The molecular weight excluding hydrogens is 393 g/mol. The number of hydrogen-bond donors (Lipinski definition) is 0. The van der Waals surface area contributed by atoms with Gasteiger partial charge in [-0.05, 0) is 50.7 Å². The number of para-hydroxylation sites is 1. The average Bonchev–Trinajstić information content (AvgIpc) is 3.15. The first-order valence-corrected chi connectivity index (χ1v) is 11.7. The van der Waals surface area contributed by atoms with Crippen molar-refractivity contribution in [1.82, 2.24) is 19.6 Å². The van der Waals surface area contributed by atoms with Crippen molar-refractivity contribution < 1.29 is 9.18 Å². The highest BCUT2D eigenvalue weighted by Gasteiger charge is 2.33. The lowest BCUT2D eigenvalue weighted by atomic mass is 9.95. The number of amides is 1. The van der Waals surface area contributed by atoms with Crippen LogP contribution in [0.4, 0.5) is 10.1 Å². The molecule has 0 radical (unpaired) electrons. The molecule has 1 aromatic heterocycles. The van der Waals surface area contributed by atoms with Crippen molar-refractivity contribution in [3.63, 3.8) is 0 Å². The summed E-state index contributed by atoms with van der Waals surface area (Å²) in [6.07, 6.45) is 6.43. The third-order valence-electron chi connectivity index (χ3n) is 7.23. The molecular formula is C24H32FN5O. The van der Waals surface area contributed by atoms with Gasteiger partial charge in [0.25, 0.3) is 5.91 Å². The second-order valence-corrected chi connectivity index (χ2v) is 9.13. The lowest BCUT2D eigenvalue weighted by Crippen LogP contribution is -2.56. The summed E-state index contributed by atoms with van der Waals surface area (Å²) < 4.78 is 16.0. The van der Waals surface area contributed by atoms with Crippen LogP contribution in [-0.2, 0) is 19.9 Å². The lowest BCUT2D eigenvalue weighted by Gasteiger charge is -2.44. The van der Waals surface area contributed by atoms with Crippen molar-refractivity contribution in [2.45, 2.75) is 44.6 Å². The van der Waals surface area contributed by atoms with Gasteiger partial charge in [-0.1, -0.05) is 12.1 Å². The molecule has 7 heteroatoms. The van der Waals surface area contributed by atoms with Crippen LogP contribution in [0.1, 0.15) is 47.4 Å². The van der Waals surface area contributed by atoms with Crippen LogP contribution in [0.25, 0.3) is 0 Å². The van der Waals surface area contributed by atoms with Crippen LogP contribution < -0.4 is 4.90 Å². The van der Waals surface area contributed by atoms with Gasteiger partial charge in [0.05, 0.1) is 11.4 Å². The Morgan fingerprint density at radius 1 is 1.03 bits per heavy atom. The number of rotatable bonds is 3. The van der Waals surface area contributed by atoms with Crippen LogP contribution in [0.3, 0.4) is 0 Å². The maximum atomic E-state index is 14.1.